The molecular weight excluding hydrogens is 422 g/mol. The molecule has 178 valence electrons. The lowest BCUT2D eigenvalue weighted by Gasteiger charge is -2.43. The van der Waals surface area contributed by atoms with Gasteiger partial charge < -0.3 is 25.0 Å². The minimum absolute atomic E-state index is 0.195. The molecule has 0 aromatic heterocycles. The monoisotopic (exact) mass is 459 g/mol. The smallest absolute Gasteiger partial charge is 0.292 e. The van der Waals surface area contributed by atoms with E-state index in [4.69, 9.17) is 15.2 Å². The second-order valence-corrected chi connectivity index (χ2v) is 10.2. The van der Waals surface area contributed by atoms with Crippen LogP contribution in [0.5, 0.6) is 0 Å². The number of allylic oxidation sites excluding steroid dienone is 2. The fourth-order valence-corrected chi connectivity index (χ4v) is 6.18. The zero-order chi connectivity index (χ0) is 23.1. The molecule has 11 heteroatoms. The summed E-state index contributed by atoms with van der Waals surface area (Å²) in [5.41, 5.74) is 6.53. The third kappa shape index (κ3) is 5.76. The summed E-state index contributed by atoms with van der Waals surface area (Å²) < 4.78 is 37.4. The van der Waals surface area contributed by atoms with Crippen LogP contribution < -0.4 is 5.73 Å². The first-order chi connectivity index (χ1) is 14.7. The highest BCUT2D eigenvalue weighted by Crippen LogP contribution is 2.33. The van der Waals surface area contributed by atoms with Crippen LogP contribution in [0.1, 0.15) is 33.1 Å². The van der Waals surface area contributed by atoms with Gasteiger partial charge in [0, 0.05) is 58.6 Å². The molecule has 0 aliphatic carbocycles. The molecule has 31 heavy (non-hydrogen) atoms. The molecule has 0 spiro atoms. The van der Waals surface area contributed by atoms with E-state index in [-0.39, 0.29) is 25.9 Å². The maximum absolute atomic E-state index is 13.5. The third-order valence-electron chi connectivity index (χ3n) is 6.02. The summed E-state index contributed by atoms with van der Waals surface area (Å²) in [4.78, 5) is 20.9. The number of primary amides is 1. The van der Waals surface area contributed by atoms with E-state index < -0.39 is 20.7 Å². The first kappa shape index (κ1) is 25.6. The maximum atomic E-state index is 13.5. The topological polar surface area (TPSA) is 118 Å². The van der Waals surface area contributed by atoms with E-state index in [1.54, 1.807) is 14.2 Å². The number of nitrogens with zero attached hydrogens (tertiary/aromatic N) is 4. The van der Waals surface area contributed by atoms with Crippen molar-refractivity contribution in [2.45, 2.75) is 37.9 Å². The number of piperazine rings is 1. The summed E-state index contributed by atoms with van der Waals surface area (Å²) in [5, 5.41) is 0. The molecule has 2 fully saturated rings. The zero-order valence-electron chi connectivity index (χ0n) is 19.2. The summed E-state index contributed by atoms with van der Waals surface area (Å²) >= 11 is 0. The molecule has 10 nitrogen and oxygen atoms in total. The summed E-state index contributed by atoms with van der Waals surface area (Å²) in [5.74, 6) is -0.763. The van der Waals surface area contributed by atoms with Gasteiger partial charge in [0.2, 0.25) is 15.9 Å². The average molecular weight is 460 g/mol. The summed E-state index contributed by atoms with van der Waals surface area (Å²) in [6, 6.07) is 0.468. The number of aliphatic imine (C=N–C) groups is 1. The number of rotatable bonds is 8. The molecule has 2 heterocycles. The Labute approximate surface area is 186 Å². The Bertz CT molecular complexity index is 767. The highest BCUT2D eigenvalue weighted by molar-refractivity contribution is 7.91. The van der Waals surface area contributed by atoms with Crippen molar-refractivity contribution in [1.29, 1.82) is 0 Å². The van der Waals surface area contributed by atoms with Crippen molar-refractivity contribution in [3.63, 3.8) is 0 Å². The predicted molar refractivity (Wildman–Crippen MR) is 120 cm³/mol. The Morgan fingerprint density at radius 1 is 1.13 bits per heavy atom. The van der Waals surface area contributed by atoms with Gasteiger partial charge in [0.05, 0.1) is 13.7 Å². The minimum atomic E-state index is -3.90. The Morgan fingerprint density at radius 2 is 1.74 bits per heavy atom. The van der Waals surface area contributed by atoms with Crippen LogP contribution in [-0.4, -0.2) is 106 Å². The highest BCUT2D eigenvalue weighted by atomic mass is 32.2. The number of piperidine rings is 1. The second kappa shape index (κ2) is 11.3. The van der Waals surface area contributed by atoms with Crippen molar-refractivity contribution in [3.8, 4) is 0 Å². The molecule has 2 aliphatic rings. The van der Waals surface area contributed by atoms with Crippen LogP contribution in [0.4, 0.5) is 0 Å². The van der Waals surface area contributed by atoms with Crippen molar-refractivity contribution < 1.29 is 22.7 Å². The number of methoxy groups -OCH3 is 2. The van der Waals surface area contributed by atoms with E-state index in [2.05, 4.69) is 9.89 Å². The number of likely N-dealkylation sites (tertiary alicyclic amines) is 1. The number of nitrogens with two attached hydrogens (primary N) is 1. The van der Waals surface area contributed by atoms with E-state index in [9.17, 15) is 13.2 Å². The number of carbonyl (C=O) groups excluding carboxylic acids is 1. The lowest BCUT2D eigenvalue weighted by atomic mass is 9.95. The van der Waals surface area contributed by atoms with Gasteiger partial charge in [-0.15, -0.1) is 0 Å². The van der Waals surface area contributed by atoms with Gasteiger partial charge in [0.25, 0.3) is 6.02 Å². The zero-order valence-corrected chi connectivity index (χ0v) is 20.0. The van der Waals surface area contributed by atoms with E-state index >= 15 is 0 Å². The van der Waals surface area contributed by atoms with E-state index in [1.807, 2.05) is 24.8 Å². The van der Waals surface area contributed by atoms with Gasteiger partial charge in [-0.05, 0) is 26.2 Å². The van der Waals surface area contributed by atoms with Crippen LogP contribution in [0.15, 0.2) is 16.8 Å². The number of amidine groups is 1. The fraction of sp³-hybridized carbons (Fsp3) is 0.800. The number of hydrogen-bond acceptors (Lipinski definition) is 7. The van der Waals surface area contributed by atoms with Crippen molar-refractivity contribution in [3.05, 3.63) is 11.8 Å². The van der Waals surface area contributed by atoms with Crippen LogP contribution in [0.2, 0.25) is 0 Å². The lowest BCUT2D eigenvalue weighted by Crippen LogP contribution is -2.63. The van der Waals surface area contributed by atoms with Gasteiger partial charge in [-0.2, -0.15) is 4.31 Å². The first-order valence-corrected chi connectivity index (χ1v) is 12.2. The molecule has 2 N–H and O–H groups in total. The van der Waals surface area contributed by atoms with Gasteiger partial charge in [-0.25, -0.2) is 13.4 Å². The summed E-state index contributed by atoms with van der Waals surface area (Å²) in [7, 11) is -0.711. The molecule has 0 radical (unpaired) electrons. The van der Waals surface area contributed by atoms with Gasteiger partial charge in [-0.3, -0.25) is 4.79 Å². The van der Waals surface area contributed by atoms with E-state index in [0.29, 0.717) is 45.4 Å². The van der Waals surface area contributed by atoms with E-state index in [1.165, 1.54) is 4.31 Å². The number of carbonyl (C=O) groups is 1. The molecule has 0 aromatic carbocycles. The average Bonchev–Trinajstić information content (AvgIpc) is 2.76. The quantitative estimate of drug-likeness (QED) is 0.407. The number of sulfonamides is 1. The van der Waals surface area contributed by atoms with Gasteiger partial charge in [0.15, 0.2) is 4.75 Å². The Morgan fingerprint density at radius 3 is 2.23 bits per heavy atom. The minimum Gasteiger partial charge on any atom is -0.468 e. The molecule has 2 aliphatic heterocycles. The van der Waals surface area contributed by atoms with Crippen LogP contribution in [0.25, 0.3) is 0 Å². The van der Waals surface area contributed by atoms with Crippen LogP contribution in [0.3, 0.4) is 0 Å². The molecular formula is C20H37N5O5S. The predicted octanol–water partition coefficient (Wildman–Crippen LogP) is 0.216. The molecule has 0 atom stereocenters. The van der Waals surface area contributed by atoms with Crippen molar-refractivity contribution in [2.24, 2.45) is 10.7 Å². The number of ether oxygens (including phenoxy) is 2. The highest BCUT2D eigenvalue weighted by Gasteiger charge is 2.54. The largest absolute Gasteiger partial charge is 0.468 e. The van der Waals surface area contributed by atoms with Crippen molar-refractivity contribution in [2.75, 3.05) is 66.6 Å². The van der Waals surface area contributed by atoms with Gasteiger partial charge >= 0.3 is 0 Å². The SMILES string of the molecule is CC/C=C(\C)N=C(OC)N1CCN(S(=O)(=O)C2(C(N)=O)CCN(CCOC)CC2)CC1. The Hall–Kier alpha value is -1.69. The van der Waals surface area contributed by atoms with Crippen molar-refractivity contribution in [1.82, 2.24) is 14.1 Å². The molecule has 0 unspecified atom stereocenters. The maximum Gasteiger partial charge on any atom is 0.292 e. The molecule has 0 saturated carbocycles. The first-order valence-electron chi connectivity index (χ1n) is 10.8. The summed E-state index contributed by atoms with van der Waals surface area (Å²) in [6.45, 7) is 7.56. The molecule has 0 bridgehead atoms. The normalized spacial score (nSPS) is 21.9. The molecule has 0 aromatic rings. The fourth-order valence-electron chi connectivity index (χ4n) is 4.09. The number of hydrogen-bond donors (Lipinski definition) is 1. The molecule has 2 saturated heterocycles. The van der Waals surface area contributed by atoms with Crippen molar-refractivity contribution >= 4 is 22.0 Å². The summed E-state index contributed by atoms with van der Waals surface area (Å²) in [6.07, 6.45) is 3.26. The Balaban J connectivity index is 2.10. The second-order valence-electron chi connectivity index (χ2n) is 7.94. The molecule has 2 rings (SSSR count). The Kier molecular flexibility index (Phi) is 9.28. The molecule has 1 amide bonds. The van der Waals surface area contributed by atoms with Gasteiger partial charge in [-0.1, -0.05) is 13.0 Å². The van der Waals surface area contributed by atoms with Gasteiger partial charge in [0.1, 0.15) is 0 Å². The van der Waals surface area contributed by atoms with Crippen LogP contribution >= 0.6 is 0 Å². The standard InChI is InChI=1S/C20H37N5O5S/c1-5-6-17(2)22-19(30-4)24-11-13-25(14-12-24)31(27,28)20(18(21)26)7-9-23(10-8-20)15-16-29-3/h6H,5,7-16H2,1-4H3,(H2,21,26)/b17-6+,22-19?. The lowest BCUT2D eigenvalue weighted by molar-refractivity contribution is -0.121. The third-order valence-corrected chi connectivity index (χ3v) is 8.66. The van der Waals surface area contributed by atoms with Crippen LogP contribution in [0, 0.1) is 0 Å². The number of amides is 1. The van der Waals surface area contributed by atoms with E-state index in [0.717, 1.165) is 12.1 Å². The van der Waals surface area contributed by atoms with Crippen LogP contribution in [-0.2, 0) is 24.3 Å².